The van der Waals surface area contributed by atoms with Crippen molar-refractivity contribution in [3.63, 3.8) is 0 Å². The van der Waals surface area contributed by atoms with E-state index < -0.39 is 26.6 Å². The van der Waals surface area contributed by atoms with Crippen molar-refractivity contribution in [1.29, 1.82) is 0 Å². The van der Waals surface area contributed by atoms with Gasteiger partial charge in [0.05, 0.1) is 0 Å². The molecule has 2 aromatic carbocycles. The van der Waals surface area contributed by atoms with E-state index in [0.29, 0.717) is 9.37 Å². The Morgan fingerprint density at radius 2 is 1.83 bits per heavy atom. The first-order chi connectivity index (χ1) is 14.2. The second kappa shape index (κ2) is 9.26. The third-order valence-corrected chi connectivity index (χ3v) is 6.87. The van der Waals surface area contributed by atoms with E-state index in [-0.39, 0.29) is 38.0 Å². The van der Waals surface area contributed by atoms with Crippen LogP contribution < -0.4 is 9.09 Å². The quantitative estimate of drug-likeness (QED) is 0.293. The van der Waals surface area contributed by atoms with Crippen molar-refractivity contribution in [1.82, 2.24) is 4.98 Å². The number of aromatic carboxylic acids is 1. The minimum absolute atomic E-state index is 0.0599. The fraction of sp³-hybridized carbons (Fsp3) is 0. The molecule has 0 spiro atoms. The zero-order chi connectivity index (χ0) is 21.8. The molecule has 0 amide bonds. The van der Waals surface area contributed by atoms with Gasteiger partial charge in [0.15, 0.2) is 0 Å². The molecule has 0 saturated heterocycles. The van der Waals surface area contributed by atoms with Crippen LogP contribution in [0.5, 0.6) is 11.6 Å². The Morgan fingerprint density at radius 3 is 2.43 bits per heavy atom. The van der Waals surface area contributed by atoms with Gasteiger partial charge in [-0.15, -0.1) is 0 Å². The number of hydrogen-bond donors (Lipinski definition) is 1. The molecule has 152 valence electrons. The molecule has 0 radical (unpaired) electrons. The summed E-state index contributed by atoms with van der Waals surface area (Å²) >= 11 is 10.4. The maximum atomic E-state index is 12.6. The Balaban J connectivity index is 1.83. The molecule has 11 heteroatoms. The van der Waals surface area contributed by atoms with Gasteiger partial charge in [0.1, 0.15) is 0 Å². The SMILES string of the molecule is O=C([AsH]c1ccc(Oc2ccc([N+](=O)[O-])cn2)cc1C(=O)O)c1ccc(Cl)cc1Cl. The molecule has 0 bridgehead atoms. The molecule has 8 nitrogen and oxygen atoms in total. The van der Waals surface area contributed by atoms with Crippen LogP contribution in [-0.2, 0) is 0 Å². The number of nitrogens with zero attached hydrogens (tertiary/aromatic N) is 2. The topological polar surface area (TPSA) is 120 Å². The van der Waals surface area contributed by atoms with Gasteiger partial charge in [-0.3, -0.25) is 0 Å². The Bertz CT molecular complexity index is 1150. The first-order valence-corrected chi connectivity index (χ1v) is 11.0. The van der Waals surface area contributed by atoms with Crippen molar-refractivity contribution in [2.24, 2.45) is 0 Å². The van der Waals surface area contributed by atoms with E-state index in [4.69, 9.17) is 27.9 Å². The first kappa shape index (κ1) is 21.8. The van der Waals surface area contributed by atoms with Crippen molar-refractivity contribution >= 4 is 59.5 Å². The number of carbonyl (C=O) groups excluding carboxylic acids is 1. The molecule has 0 fully saturated rings. The van der Waals surface area contributed by atoms with Gasteiger partial charge in [-0.1, -0.05) is 0 Å². The Hall–Kier alpha value is -2.93. The number of carboxylic acids is 1. The zero-order valence-corrected chi connectivity index (χ0v) is 18.4. The van der Waals surface area contributed by atoms with E-state index in [1.807, 2.05) is 0 Å². The number of ether oxygens (including phenoxy) is 1. The summed E-state index contributed by atoms with van der Waals surface area (Å²) in [5.41, 5.74) is 0.00866. The number of rotatable bonds is 7. The zero-order valence-electron chi connectivity index (χ0n) is 14.8. The summed E-state index contributed by atoms with van der Waals surface area (Å²) in [5.74, 6) is -0.989. The Kier molecular flexibility index (Phi) is 6.72. The summed E-state index contributed by atoms with van der Waals surface area (Å²) in [7, 11) is 0. The van der Waals surface area contributed by atoms with Gasteiger partial charge in [-0.05, 0) is 0 Å². The molecule has 3 aromatic rings. The molecule has 1 atom stereocenters. The second-order valence-electron chi connectivity index (χ2n) is 5.80. The van der Waals surface area contributed by atoms with Gasteiger partial charge in [0.25, 0.3) is 0 Å². The van der Waals surface area contributed by atoms with Gasteiger partial charge in [-0.25, -0.2) is 0 Å². The Labute approximate surface area is 186 Å². The fourth-order valence-electron chi connectivity index (χ4n) is 2.40. The third kappa shape index (κ3) is 5.16. The van der Waals surface area contributed by atoms with Crippen molar-refractivity contribution in [3.05, 3.63) is 86.0 Å². The standard InChI is InChI=1S/C19H11AsCl2N2O6/c21-10-1-4-13(16(22)7-10)18(25)20-15-5-3-12(8-14(15)19(26)27)30-17-6-2-11(9-23-17)24(28)29/h1-9,20H,(H,26,27). The molecule has 0 saturated carbocycles. The minimum atomic E-state index is -1.54. The van der Waals surface area contributed by atoms with Gasteiger partial charge in [0, 0.05) is 0 Å². The van der Waals surface area contributed by atoms with Crippen molar-refractivity contribution < 1.29 is 24.4 Å². The number of hydrogen-bond acceptors (Lipinski definition) is 6. The number of pyridine rings is 1. The van der Waals surface area contributed by atoms with Gasteiger partial charge in [0.2, 0.25) is 0 Å². The van der Waals surface area contributed by atoms with E-state index in [1.165, 1.54) is 42.5 Å². The molecule has 3 rings (SSSR count). The predicted molar refractivity (Wildman–Crippen MR) is 112 cm³/mol. The molecule has 1 aromatic heterocycles. The van der Waals surface area contributed by atoms with Crippen LogP contribution in [0.4, 0.5) is 5.69 Å². The van der Waals surface area contributed by atoms with Crippen LogP contribution in [0.1, 0.15) is 20.7 Å². The fourth-order valence-corrected chi connectivity index (χ4v) is 5.32. The molecular formula is C19H11AsCl2N2O6. The van der Waals surface area contributed by atoms with Crippen LogP contribution in [0.2, 0.25) is 10.0 Å². The molecule has 0 aliphatic rings. The van der Waals surface area contributed by atoms with E-state index in [1.54, 1.807) is 6.07 Å². The van der Waals surface area contributed by atoms with Crippen molar-refractivity contribution in [2.45, 2.75) is 0 Å². The van der Waals surface area contributed by atoms with E-state index >= 15 is 0 Å². The molecule has 1 heterocycles. The molecule has 0 aliphatic heterocycles. The van der Waals surface area contributed by atoms with Crippen LogP contribution >= 0.6 is 23.2 Å². The van der Waals surface area contributed by atoms with Gasteiger partial charge >= 0.3 is 187 Å². The van der Waals surface area contributed by atoms with Crippen LogP contribution in [0, 0.1) is 10.1 Å². The molecule has 30 heavy (non-hydrogen) atoms. The number of aromatic nitrogens is 1. The summed E-state index contributed by atoms with van der Waals surface area (Å²) in [5, 5.41) is 20.8. The number of carbonyl (C=O) groups is 2. The maximum absolute atomic E-state index is 12.6. The molecule has 1 unspecified atom stereocenters. The van der Waals surface area contributed by atoms with Crippen LogP contribution in [0.3, 0.4) is 0 Å². The second-order valence-corrected chi connectivity index (χ2v) is 9.26. The molecular weight excluding hydrogens is 498 g/mol. The van der Waals surface area contributed by atoms with E-state index in [0.717, 1.165) is 6.20 Å². The Morgan fingerprint density at radius 1 is 1.07 bits per heavy atom. The predicted octanol–water partition coefficient (Wildman–Crippen LogP) is 3.69. The van der Waals surface area contributed by atoms with Crippen molar-refractivity contribution in [2.75, 3.05) is 0 Å². The number of benzene rings is 2. The van der Waals surface area contributed by atoms with Gasteiger partial charge < -0.3 is 0 Å². The normalized spacial score (nSPS) is 10.9. The van der Waals surface area contributed by atoms with Crippen LogP contribution in [0.15, 0.2) is 54.7 Å². The number of carboxylic acid groups (broad SMARTS) is 1. The first-order valence-electron chi connectivity index (χ1n) is 8.16. The summed E-state index contributed by atoms with van der Waals surface area (Å²) in [4.78, 5) is 38.2. The monoisotopic (exact) mass is 508 g/mol. The van der Waals surface area contributed by atoms with E-state index in [9.17, 15) is 24.8 Å². The summed E-state index contributed by atoms with van der Waals surface area (Å²) in [6, 6.07) is 11.3. The number of nitro groups is 1. The average molecular weight is 509 g/mol. The summed E-state index contributed by atoms with van der Waals surface area (Å²) in [6.45, 7) is 0. The number of halogens is 2. The van der Waals surface area contributed by atoms with Crippen LogP contribution in [0.25, 0.3) is 0 Å². The third-order valence-electron chi connectivity index (χ3n) is 3.80. The van der Waals surface area contributed by atoms with Crippen molar-refractivity contribution in [3.8, 4) is 11.6 Å². The molecule has 1 N–H and O–H groups in total. The van der Waals surface area contributed by atoms with E-state index in [2.05, 4.69) is 4.98 Å². The van der Waals surface area contributed by atoms with Gasteiger partial charge in [-0.2, -0.15) is 0 Å². The van der Waals surface area contributed by atoms with Crippen LogP contribution in [-0.4, -0.2) is 41.3 Å². The average Bonchev–Trinajstić information content (AvgIpc) is 2.69. The molecule has 0 aliphatic carbocycles. The summed E-state index contributed by atoms with van der Waals surface area (Å²) < 4.78 is 5.62. The summed E-state index contributed by atoms with van der Waals surface area (Å²) in [6.07, 6.45) is 1.03.